The maximum absolute atomic E-state index is 12.1. The van der Waals surface area contributed by atoms with E-state index in [-0.39, 0.29) is 11.6 Å². The third-order valence-electron chi connectivity index (χ3n) is 4.13. The minimum atomic E-state index is -1.04. The van der Waals surface area contributed by atoms with E-state index in [9.17, 15) is 9.59 Å². The summed E-state index contributed by atoms with van der Waals surface area (Å²) in [5.74, 6) is -0.670. The molecule has 1 aromatic carbocycles. The molecule has 0 spiro atoms. The summed E-state index contributed by atoms with van der Waals surface area (Å²) < 4.78 is 0. The molecule has 3 rings (SSSR count). The van der Waals surface area contributed by atoms with Crippen molar-refractivity contribution in [3.05, 3.63) is 51.5 Å². The lowest BCUT2D eigenvalue weighted by molar-refractivity contribution is -0.122. The Balaban J connectivity index is 1.49. The fourth-order valence-corrected chi connectivity index (χ4v) is 3.65. The van der Waals surface area contributed by atoms with Gasteiger partial charge in [0, 0.05) is 11.8 Å². The molecule has 120 valence electrons. The van der Waals surface area contributed by atoms with Gasteiger partial charge < -0.3 is 10.4 Å². The van der Waals surface area contributed by atoms with Crippen LogP contribution in [0.15, 0.2) is 29.6 Å². The lowest BCUT2D eigenvalue weighted by Gasteiger charge is -2.24. The standard InChI is InChI=1S/C17H18N2O3S/c20-15(18-9-16-19-14(10-23-16)17(21)22)8-11-5-6-12-3-1-2-4-13(12)7-11/h1-4,10-11H,5-9H2,(H,18,20)(H,21,22). The molecule has 1 atom stereocenters. The third-order valence-corrected chi connectivity index (χ3v) is 4.98. The van der Waals surface area contributed by atoms with E-state index in [1.165, 1.54) is 27.8 Å². The highest BCUT2D eigenvalue weighted by atomic mass is 32.1. The molecule has 1 amide bonds. The fraction of sp³-hybridized carbons (Fsp3) is 0.353. The first kappa shape index (κ1) is 15.7. The van der Waals surface area contributed by atoms with Crippen molar-refractivity contribution in [2.75, 3.05) is 0 Å². The van der Waals surface area contributed by atoms with Gasteiger partial charge in [0.2, 0.25) is 5.91 Å². The number of benzene rings is 1. The van der Waals surface area contributed by atoms with Gasteiger partial charge in [0.15, 0.2) is 5.69 Å². The van der Waals surface area contributed by atoms with Crippen LogP contribution in [0.25, 0.3) is 0 Å². The Kier molecular flexibility index (Phi) is 4.71. The first-order chi connectivity index (χ1) is 11.1. The predicted octanol–water partition coefficient (Wildman–Crippen LogP) is 2.65. The van der Waals surface area contributed by atoms with Gasteiger partial charge in [-0.2, -0.15) is 0 Å². The summed E-state index contributed by atoms with van der Waals surface area (Å²) in [4.78, 5) is 26.8. The third kappa shape index (κ3) is 3.96. The van der Waals surface area contributed by atoms with Crippen LogP contribution in [-0.4, -0.2) is 22.0 Å². The van der Waals surface area contributed by atoms with E-state index in [1.807, 2.05) is 6.07 Å². The van der Waals surface area contributed by atoms with E-state index in [2.05, 4.69) is 28.5 Å². The Morgan fingerprint density at radius 3 is 2.83 bits per heavy atom. The highest BCUT2D eigenvalue weighted by Gasteiger charge is 2.20. The molecule has 0 bridgehead atoms. The maximum atomic E-state index is 12.1. The van der Waals surface area contributed by atoms with Gasteiger partial charge in [-0.15, -0.1) is 11.3 Å². The maximum Gasteiger partial charge on any atom is 0.355 e. The number of thiazole rings is 1. The van der Waals surface area contributed by atoms with Crippen molar-refractivity contribution < 1.29 is 14.7 Å². The molecule has 0 saturated carbocycles. The van der Waals surface area contributed by atoms with Gasteiger partial charge in [0.1, 0.15) is 5.01 Å². The molecule has 2 aromatic rings. The highest BCUT2D eigenvalue weighted by Crippen LogP contribution is 2.27. The Morgan fingerprint density at radius 1 is 1.30 bits per heavy atom. The zero-order valence-electron chi connectivity index (χ0n) is 12.6. The number of aromatic nitrogens is 1. The average molecular weight is 330 g/mol. The van der Waals surface area contributed by atoms with Crippen LogP contribution in [0.1, 0.15) is 39.5 Å². The molecule has 5 nitrogen and oxygen atoms in total. The second kappa shape index (κ2) is 6.91. The van der Waals surface area contributed by atoms with E-state index in [0.717, 1.165) is 19.3 Å². The summed E-state index contributed by atoms with van der Waals surface area (Å²) in [5, 5.41) is 13.8. The van der Waals surface area contributed by atoms with E-state index < -0.39 is 5.97 Å². The van der Waals surface area contributed by atoms with E-state index in [1.54, 1.807) is 0 Å². The topological polar surface area (TPSA) is 79.3 Å². The van der Waals surface area contributed by atoms with Crippen LogP contribution in [0.2, 0.25) is 0 Å². The Bertz CT molecular complexity index is 726. The summed E-state index contributed by atoms with van der Waals surface area (Å²) in [5.41, 5.74) is 2.78. The molecular formula is C17H18N2O3S. The monoisotopic (exact) mass is 330 g/mol. The number of carboxylic acids is 1. The van der Waals surface area contributed by atoms with Crippen molar-refractivity contribution >= 4 is 23.2 Å². The Morgan fingerprint density at radius 2 is 2.09 bits per heavy atom. The van der Waals surface area contributed by atoms with E-state index >= 15 is 0 Å². The number of carbonyl (C=O) groups excluding carboxylic acids is 1. The van der Waals surface area contributed by atoms with Crippen LogP contribution >= 0.6 is 11.3 Å². The summed E-state index contributed by atoms with van der Waals surface area (Å²) in [7, 11) is 0. The number of nitrogens with zero attached hydrogens (tertiary/aromatic N) is 1. The molecule has 1 unspecified atom stereocenters. The molecule has 0 saturated heterocycles. The summed E-state index contributed by atoms with van der Waals surface area (Å²) in [6.45, 7) is 0.292. The lowest BCUT2D eigenvalue weighted by atomic mass is 9.82. The molecule has 23 heavy (non-hydrogen) atoms. The number of carbonyl (C=O) groups is 2. The van der Waals surface area contributed by atoms with Gasteiger partial charge in [0.25, 0.3) is 0 Å². The van der Waals surface area contributed by atoms with Crippen LogP contribution in [0.4, 0.5) is 0 Å². The molecule has 0 fully saturated rings. The Hall–Kier alpha value is -2.21. The van der Waals surface area contributed by atoms with Crippen molar-refractivity contribution in [2.24, 2.45) is 5.92 Å². The molecular weight excluding hydrogens is 312 g/mol. The number of hydrogen-bond acceptors (Lipinski definition) is 4. The average Bonchev–Trinajstić information content (AvgIpc) is 3.02. The number of amides is 1. The number of fused-ring (bicyclic) bond motifs is 1. The van der Waals surface area contributed by atoms with Gasteiger partial charge in [-0.25, -0.2) is 9.78 Å². The number of hydrogen-bond donors (Lipinski definition) is 2. The number of rotatable bonds is 5. The van der Waals surface area contributed by atoms with Crippen molar-refractivity contribution in [3.63, 3.8) is 0 Å². The van der Waals surface area contributed by atoms with Crippen molar-refractivity contribution in [1.82, 2.24) is 10.3 Å². The number of aromatic carboxylic acids is 1. The van der Waals surface area contributed by atoms with E-state index in [4.69, 9.17) is 5.11 Å². The molecule has 2 N–H and O–H groups in total. The van der Waals surface area contributed by atoms with Gasteiger partial charge in [0.05, 0.1) is 6.54 Å². The molecule has 1 aromatic heterocycles. The van der Waals surface area contributed by atoms with Crippen LogP contribution in [-0.2, 0) is 24.2 Å². The molecule has 1 aliphatic carbocycles. The normalized spacial score (nSPS) is 16.6. The van der Waals surface area contributed by atoms with Crippen LogP contribution < -0.4 is 5.32 Å². The minimum Gasteiger partial charge on any atom is -0.476 e. The fourth-order valence-electron chi connectivity index (χ4n) is 2.95. The molecule has 0 aliphatic heterocycles. The van der Waals surface area contributed by atoms with Crippen LogP contribution in [0, 0.1) is 5.92 Å². The van der Waals surface area contributed by atoms with Crippen molar-refractivity contribution in [2.45, 2.75) is 32.2 Å². The number of nitrogens with one attached hydrogen (secondary N) is 1. The molecule has 1 aliphatic rings. The van der Waals surface area contributed by atoms with Crippen molar-refractivity contribution in [1.29, 1.82) is 0 Å². The smallest absolute Gasteiger partial charge is 0.355 e. The zero-order chi connectivity index (χ0) is 16.2. The molecule has 1 heterocycles. The van der Waals surface area contributed by atoms with Gasteiger partial charge in [-0.05, 0) is 36.3 Å². The van der Waals surface area contributed by atoms with Gasteiger partial charge in [-0.3, -0.25) is 4.79 Å². The van der Waals surface area contributed by atoms with Gasteiger partial charge >= 0.3 is 5.97 Å². The first-order valence-electron chi connectivity index (χ1n) is 7.63. The van der Waals surface area contributed by atoms with Gasteiger partial charge in [-0.1, -0.05) is 24.3 Å². The highest BCUT2D eigenvalue weighted by molar-refractivity contribution is 7.09. The lowest BCUT2D eigenvalue weighted by Crippen LogP contribution is -2.27. The minimum absolute atomic E-state index is 0.00135. The summed E-state index contributed by atoms with van der Waals surface area (Å²) >= 11 is 1.25. The SMILES string of the molecule is O=C(CC1CCc2ccccc2C1)NCc1nc(C(=O)O)cs1. The van der Waals surface area contributed by atoms with E-state index in [0.29, 0.717) is 23.9 Å². The largest absolute Gasteiger partial charge is 0.476 e. The quantitative estimate of drug-likeness (QED) is 0.883. The predicted molar refractivity (Wildman–Crippen MR) is 87.5 cm³/mol. The summed E-state index contributed by atoms with van der Waals surface area (Å²) in [6, 6.07) is 8.41. The Labute approximate surface area is 138 Å². The molecule has 6 heteroatoms. The molecule has 0 radical (unpaired) electrons. The second-order valence-electron chi connectivity index (χ2n) is 5.79. The number of carboxylic acid groups (broad SMARTS) is 1. The van der Waals surface area contributed by atoms with Crippen LogP contribution in [0.5, 0.6) is 0 Å². The summed E-state index contributed by atoms with van der Waals surface area (Å²) in [6.07, 6.45) is 3.52. The number of aryl methyl sites for hydroxylation is 1. The van der Waals surface area contributed by atoms with Crippen LogP contribution in [0.3, 0.4) is 0 Å². The first-order valence-corrected chi connectivity index (χ1v) is 8.51. The zero-order valence-corrected chi connectivity index (χ0v) is 13.4. The van der Waals surface area contributed by atoms with Crippen molar-refractivity contribution in [3.8, 4) is 0 Å². The second-order valence-corrected chi connectivity index (χ2v) is 6.73.